The lowest BCUT2D eigenvalue weighted by Gasteiger charge is -2.30. The van der Waals surface area contributed by atoms with Crippen LogP contribution in [0.4, 0.5) is 0 Å². The number of para-hydroxylation sites is 1. The number of carbonyl (C=O) groups excluding carboxylic acids is 2. The number of nitrogens with two attached hydrogens (primary N) is 1. The summed E-state index contributed by atoms with van der Waals surface area (Å²) in [6.45, 7) is 3.01. The summed E-state index contributed by atoms with van der Waals surface area (Å²) in [5.41, 5.74) is 7.47. The Balaban J connectivity index is 1.72. The van der Waals surface area contributed by atoms with E-state index >= 15 is 0 Å². The summed E-state index contributed by atoms with van der Waals surface area (Å²) in [6.07, 6.45) is 3.71. The van der Waals surface area contributed by atoms with Gasteiger partial charge < -0.3 is 15.2 Å². The molecule has 0 aliphatic carbocycles. The second kappa shape index (κ2) is 5.72. The third-order valence-electron chi connectivity index (χ3n) is 5.54. The van der Waals surface area contributed by atoms with E-state index in [0.717, 1.165) is 17.5 Å². The first kappa shape index (κ1) is 15.9. The number of nitrogens with zero attached hydrogens (tertiary/aromatic N) is 2. The van der Waals surface area contributed by atoms with Crippen molar-refractivity contribution in [2.45, 2.75) is 32.2 Å². The fourth-order valence-corrected chi connectivity index (χ4v) is 4.11. The largest absolute Gasteiger partial charge is 0.369 e. The van der Waals surface area contributed by atoms with E-state index in [1.807, 2.05) is 12.1 Å². The normalized spacial score (nSPS) is 20.2. The first-order chi connectivity index (χ1) is 12.0. The van der Waals surface area contributed by atoms with Gasteiger partial charge in [0.2, 0.25) is 11.3 Å². The van der Waals surface area contributed by atoms with Gasteiger partial charge in [-0.2, -0.15) is 0 Å². The molecule has 0 saturated carbocycles. The Labute approximate surface area is 145 Å². The molecule has 3 heterocycles. The summed E-state index contributed by atoms with van der Waals surface area (Å²) in [5, 5.41) is 0.611. The molecule has 0 spiro atoms. The molecular formula is C19H21N3O3. The van der Waals surface area contributed by atoms with Crippen LogP contribution in [0.5, 0.6) is 0 Å². The number of hydrogen-bond acceptors (Lipinski definition) is 3. The van der Waals surface area contributed by atoms with Gasteiger partial charge in [0.25, 0.3) is 5.91 Å². The zero-order valence-electron chi connectivity index (χ0n) is 14.2. The SMILES string of the molecule is C[C@@H]1Cc2cccc3c(=O)c(C(=O)N4CCC(C(N)=O)CC4)cn1c23. The monoisotopic (exact) mass is 339 g/mol. The van der Waals surface area contributed by atoms with E-state index in [2.05, 4.69) is 11.5 Å². The summed E-state index contributed by atoms with van der Waals surface area (Å²) in [5.74, 6) is -0.738. The molecule has 1 aromatic heterocycles. The van der Waals surface area contributed by atoms with E-state index in [9.17, 15) is 14.4 Å². The number of primary amides is 1. The summed E-state index contributed by atoms with van der Waals surface area (Å²) in [7, 11) is 0. The lowest BCUT2D eigenvalue weighted by atomic mass is 9.96. The van der Waals surface area contributed by atoms with Crippen LogP contribution in [-0.2, 0) is 11.2 Å². The molecule has 0 unspecified atom stereocenters. The zero-order chi connectivity index (χ0) is 17.7. The zero-order valence-corrected chi connectivity index (χ0v) is 14.2. The van der Waals surface area contributed by atoms with Crippen molar-refractivity contribution in [2.24, 2.45) is 11.7 Å². The third-order valence-corrected chi connectivity index (χ3v) is 5.54. The summed E-state index contributed by atoms with van der Waals surface area (Å²) >= 11 is 0. The fraction of sp³-hybridized carbons (Fsp3) is 0.421. The number of aromatic nitrogens is 1. The number of rotatable bonds is 2. The maximum Gasteiger partial charge on any atom is 0.259 e. The Hall–Kier alpha value is -2.63. The minimum Gasteiger partial charge on any atom is -0.369 e. The van der Waals surface area contributed by atoms with Crippen LogP contribution in [0, 0.1) is 5.92 Å². The van der Waals surface area contributed by atoms with E-state index in [-0.39, 0.29) is 34.8 Å². The van der Waals surface area contributed by atoms with Gasteiger partial charge in [0.15, 0.2) is 0 Å². The van der Waals surface area contributed by atoms with Crippen LogP contribution in [0.15, 0.2) is 29.2 Å². The minimum atomic E-state index is -0.313. The Morgan fingerprint density at radius 3 is 2.60 bits per heavy atom. The maximum atomic E-state index is 12.9. The second-order valence-corrected chi connectivity index (χ2v) is 7.11. The smallest absolute Gasteiger partial charge is 0.259 e. The highest BCUT2D eigenvalue weighted by Gasteiger charge is 2.30. The highest BCUT2D eigenvalue weighted by Crippen LogP contribution is 2.31. The molecule has 4 rings (SSSR count). The summed E-state index contributed by atoms with van der Waals surface area (Å²) < 4.78 is 2.05. The Kier molecular flexibility index (Phi) is 3.63. The number of pyridine rings is 1. The molecule has 25 heavy (non-hydrogen) atoms. The number of amides is 2. The molecule has 0 bridgehead atoms. The first-order valence-electron chi connectivity index (χ1n) is 8.72. The van der Waals surface area contributed by atoms with E-state index in [4.69, 9.17) is 5.73 Å². The summed E-state index contributed by atoms with van der Waals surface area (Å²) in [4.78, 5) is 38.8. The summed E-state index contributed by atoms with van der Waals surface area (Å²) in [6, 6.07) is 5.95. The quantitative estimate of drug-likeness (QED) is 0.899. The van der Waals surface area contributed by atoms with Crippen molar-refractivity contribution < 1.29 is 9.59 Å². The van der Waals surface area contributed by atoms with Crippen molar-refractivity contribution in [3.05, 3.63) is 45.7 Å². The van der Waals surface area contributed by atoms with Gasteiger partial charge in [0, 0.05) is 36.6 Å². The molecule has 2 aliphatic heterocycles. The maximum absolute atomic E-state index is 12.9. The number of likely N-dealkylation sites (tertiary alicyclic amines) is 1. The van der Waals surface area contributed by atoms with Gasteiger partial charge >= 0.3 is 0 Å². The van der Waals surface area contributed by atoms with Crippen LogP contribution in [0.2, 0.25) is 0 Å². The number of piperidine rings is 1. The Bertz CT molecular complexity index is 939. The van der Waals surface area contributed by atoms with Crippen LogP contribution in [-0.4, -0.2) is 34.4 Å². The van der Waals surface area contributed by atoms with Crippen LogP contribution in [0.1, 0.15) is 41.7 Å². The molecule has 130 valence electrons. The lowest BCUT2D eigenvalue weighted by Crippen LogP contribution is -2.43. The van der Waals surface area contributed by atoms with E-state index < -0.39 is 0 Å². The topological polar surface area (TPSA) is 85.4 Å². The molecule has 2 amide bonds. The molecule has 1 atom stereocenters. The van der Waals surface area contributed by atoms with E-state index in [1.165, 1.54) is 0 Å². The Morgan fingerprint density at radius 2 is 1.92 bits per heavy atom. The molecule has 6 heteroatoms. The number of benzene rings is 1. The third kappa shape index (κ3) is 2.44. The van der Waals surface area contributed by atoms with Crippen molar-refractivity contribution in [1.29, 1.82) is 0 Å². The second-order valence-electron chi connectivity index (χ2n) is 7.11. The van der Waals surface area contributed by atoms with Crippen molar-refractivity contribution >= 4 is 22.7 Å². The van der Waals surface area contributed by atoms with E-state index in [0.29, 0.717) is 31.3 Å². The molecule has 2 N–H and O–H groups in total. The van der Waals surface area contributed by atoms with Gasteiger partial charge in [0.1, 0.15) is 5.56 Å². The van der Waals surface area contributed by atoms with E-state index in [1.54, 1.807) is 17.2 Å². The molecule has 2 aliphatic rings. The minimum absolute atomic E-state index is 0.179. The standard InChI is InChI=1S/C19H21N3O3/c1-11-9-13-3-2-4-14-16(13)22(11)10-15(17(14)23)19(25)21-7-5-12(6-8-21)18(20)24/h2-4,10-12H,5-9H2,1H3,(H2,20,24)/t11-/m1/s1. The van der Waals surface area contributed by atoms with Gasteiger partial charge in [-0.1, -0.05) is 12.1 Å². The average Bonchev–Trinajstić information content (AvgIpc) is 2.94. The van der Waals surface area contributed by atoms with Crippen molar-refractivity contribution in [1.82, 2.24) is 9.47 Å². The highest BCUT2D eigenvalue weighted by atomic mass is 16.2. The van der Waals surface area contributed by atoms with Gasteiger partial charge in [-0.25, -0.2) is 0 Å². The molecule has 1 saturated heterocycles. The highest BCUT2D eigenvalue weighted by molar-refractivity contribution is 5.98. The molecule has 0 radical (unpaired) electrons. The molecule has 1 fully saturated rings. The predicted octanol–water partition coefficient (Wildman–Crippen LogP) is 1.46. The van der Waals surface area contributed by atoms with Crippen LogP contribution >= 0.6 is 0 Å². The van der Waals surface area contributed by atoms with Crippen molar-refractivity contribution in [3.8, 4) is 0 Å². The van der Waals surface area contributed by atoms with Gasteiger partial charge in [-0.05, 0) is 37.8 Å². The molecule has 2 aromatic rings. The molecular weight excluding hydrogens is 318 g/mol. The fourth-order valence-electron chi connectivity index (χ4n) is 4.11. The number of carbonyl (C=O) groups is 2. The van der Waals surface area contributed by atoms with Gasteiger partial charge in [-0.3, -0.25) is 14.4 Å². The first-order valence-corrected chi connectivity index (χ1v) is 8.72. The molecule has 1 aromatic carbocycles. The van der Waals surface area contributed by atoms with Crippen LogP contribution in [0.3, 0.4) is 0 Å². The van der Waals surface area contributed by atoms with Crippen molar-refractivity contribution in [3.63, 3.8) is 0 Å². The predicted molar refractivity (Wildman–Crippen MR) is 94.4 cm³/mol. The number of hydrogen-bond donors (Lipinski definition) is 1. The molecule has 6 nitrogen and oxygen atoms in total. The van der Waals surface area contributed by atoms with Crippen LogP contribution in [0.25, 0.3) is 10.9 Å². The van der Waals surface area contributed by atoms with Gasteiger partial charge in [0.05, 0.1) is 5.52 Å². The lowest BCUT2D eigenvalue weighted by molar-refractivity contribution is -0.123. The van der Waals surface area contributed by atoms with Crippen molar-refractivity contribution in [2.75, 3.05) is 13.1 Å². The Morgan fingerprint density at radius 1 is 1.20 bits per heavy atom. The van der Waals surface area contributed by atoms with Gasteiger partial charge in [-0.15, -0.1) is 0 Å². The van der Waals surface area contributed by atoms with Crippen LogP contribution < -0.4 is 11.2 Å². The average molecular weight is 339 g/mol.